The number of hydrogen-bond acceptors (Lipinski definition) is 4. The van der Waals surface area contributed by atoms with Crippen molar-refractivity contribution in [2.45, 2.75) is 32.4 Å². The molecule has 2 aromatic rings. The van der Waals surface area contributed by atoms with E-state index in [1.165, 1.54) is 12.1 Å². The lowest BCUT2D eigenvalue weighted by molar-refractivity contribution is 0.0420. The zero-order chi connectivity index (χ0) is 18.4. The third-order valence-corrected chi connectivity index (χ3v) is 4.49. The van der Waals surface area contributed by atoms with Crippen LogP contribution in [0.25, 0.3) is 11.0 Å². The average molecular weight is 363 g/mol. The number of furan rings is 1. The van der Waals surface area contributed by atoms with E-state index in [0.29, 0.717) is 31.3 Å². The van der Waals surface area contributed by atoms with Gasteiger partial charge in [0.25, 0.3) is 0 Å². The standard InChI is InChI=1S/C19H26FN3O3/c1-13-16-10-14(20)4-5-17(16)26-18(13)11-23-19(21-2)22-7-3-8-25-15-6-9-24-12-15/h4-5,10,15H,3,6-9,11-12H2,1-2H3,(H2,21,22,23). The van der Waals surface area contributed by atoms with Crippen LogP contribution in [0.15, 0.2) is 27.6 Å². The molecule has 0 aliphatic carbocycles. The van der Waals surface area contributed by atoms with Gasteiger partial charge in [0.15, 0.2) is 5.96 Å². The monoisotopic (exact) mass is 363 g/mol. The van der Waals surface area contributed by atoms with E-state index in [1.54, 1.807) is 13.1 Å². The topological polar surface area (TPSA) is 68.0 Å². The normalized spacial score (nSPS) is 17.8. The van der Waals surface area contributed by atoms with E-state index in [-0.39, 0.29) is 11.9 Å². The Morgan fingerprint density at radius 2 is 2.27 bits per heavy atom. The minimum absolute atomic E-state index is 0.244. The van der Waals surface area contributed by atoms with E-state index in [4.69, 9.17) is 13.9 Å². The molecule has 1 aliphatic rings. The highest BCUT2D eigenvalue weighted by Crippen LogP contribution is 2.25. The molecule has 2 heterocycles. The fourth-order valence-corrected chi connectivity index (χ4v) is 2.97. The highest BCUT2D eigenvalue weighted by atomic mass is 19.1. The van der Waals surface area contributed by atoms with Crippen LogP contribution in [0.4, 0.5) is 4.39 Å². The molecule has 6 nitrogen and oxygen atoms in total. The van der Waals surface area contributed by atoms with Crippen molar-refractivity contribution in [3.8, 4) is 0 Å². The number of nitrogens with one attached hydrogen (secondary N) is 2. The van der Waals surface area contributed by atoms with E-state index >= 15 is 0 Å². The van der Waals surface area contributed by atoms with Gasteiger partial charge in [-0.3, -0.25) is 4.99 Å². The smallest absolute Gasteiger partial charge is 0.191 e. The Bertz CT molecular complexity index is 754. The first-order valence-corrected chi connectivity index (χ1v) is 8.98. The van der Waals surface area contributed by atoms with Crippen molar-refractivity contribution in [1.29, 1.82) is 0 Å². The van der Waals surface area contributed by atoms with Gasteiger partial charge in [-0.1, -0.05) is 0 Å². The second-order valence-corrected chi connectivity index (χ2v) is 6.35. The quantitative estimate of drug-likeness (QED) is 0.450. The Balaban J connectivity index is 1.43. The van der Waals surface area contributed by atoms with Crippen LogP contribution in [0.3, 0.4) is 0 Å². The summed E-state index contributed by atoms with van der Waals surface area (Å²) in [5.74, 6) is 1.21. The van der Waals surface area contributed by atoms with Gasteiger partial charge in [0, 0.05) is 37.8 Å². The van der Waals surface area contributed by atoms with Crippen molar-refractivity contribution in [3.63, 3.8) is 0 Å². The van der Waals surface area contributed by atoms with Crippen LogP contribution in [0.5, 0.6) is 0 Å². The molecule has 2 N–H and O–H groups in total. The van der Waals surface area contributed by atoms with Crippen molar-refractivity contribution in [1.82, 2.24) is 10.6 Å². The first-order chi connectivity index (χ1) is 12.7. The summed E-state index contributed by atoms with van der Waals surface area (Å²) in [5, 5.41) is 7.28. The fraction of sp³-hybridized carbons (Fsp3) is 0.526. The summed E-state index contributed by atoms with van der Waals surface area (Å²) < 4.78 is 30.2. The van der Waals surface area contributed by atoms with Gasteiger partial charge in [-0.25, -0.2) is 4.39 Å². The molecule has 1 aromatic heterocycles. The van der Waals surface area contributed by atoms with Gasteiger partial charge in [-0.2, -0.15) is 0 Å². The summed E-state index contributed by atoms with van der Waals surface area (Å²) in [4.78, 5) is 4.21. The largest absolute Gasteiger partial charge is 0.459 e. The molecule has 1 fully saturated rings. The van der Waals surface area contributed by atoms with Crippen molar-refractivity contribution < 1.29 is 18.3 Å². The number of fused-ring (bicyclic) bond motifs is 1. The van der Waals surface area contributed by atoms with E-state index in [0.717, 1.165) is 42.7 Å². The maximum absolute atomic E-state index is 13.4. The Morgan fingerprint density at radius 3 is 3.04 bits per heavy atom. The Kier molecular flexibility index (Phi) is 6.46. The summed E-state index contributed by atoms with van der Waals surface area (Å²) >= 11 is 0. The first-order valence-electron chi connectivity index (χ1n) is 8.98. The van der Waals surface area contributed by atoms with Gasteiger partial charge in [0.1, 0.15) is 17.2 Å². The lowest BCUT2D eigenvalue weighted by Crippen LogP contribution is -2.37. The molecule has 26 heavy (non-hydrogen) atoms. The molecule has 1 aromatic carbocycles. The molecular weight excluding hydrogens is 337 g/mol. The molecule has 0 radical (unpaired) electrons. The van der Waals surface area contributed by atoms with Crippen LogP contribution >= 0.6 is 0 Å². The van der Waals surface area contributed by atoms with E-state index in [2.05, 4.69) is 15.6 Å². The lowest BCUT2D eigenvalue weighted by Gasteiger charge is -2.12. The van der Waals surface area contributed by atoms with Crippen LogP contribution in [0, 0.1) is 12.7 Å². The van der Waals surface area contributed by atoms with Gasteiger partial charge in [0.2, 0.25) is 0 Å². The van der Waals surface area contributed by atoms with Gasteiger partial charge < -0.3 is 24.5 Å². The fourth-order valence-electron chi connectivity index (χ4n) is 2.97. The average Bonchev–Trinajstić information content (AvgIpc) is 3.26. The van der Waals surface area contributed by atoms with Gasteiger partial charge in [-0.15, -0.1) is 0 Å². The number of hydrogen-bond donors (Lipinski definition) is 2. The Morgan fingerprint density at radius 1 is 1.38 bits per heavy atom. The number of aliphatic imine (C=N–C) groups is 1. The molecule has 1 aliphatic heterocycles. The molecule has 1 atom stereocenters. The summed E-state index contributed by atoms with van der Waals surface area (Å²) in [5.41, 5.74) is 1.63. The van der Waals surface area contributed by atoms with Gasteiger partial charge in [0.05, 0.1) is 19.3 Å². The van der Waals surface area contributed by atoms with Crippen molar-refractivity contribution in [2.24, 2.45) is 4.99 Å². The molecule has 0 bridgehead atoms. The van der Waals surface area contributed by atoms with Crippen molar-refractivity contribution in [2.75, 3.05) is 33.4 Å². The molecule has 1 unspecified atom stereocenters. The third-order valence-electron chi connectivity index (χ3n) is 4.49. The molecule has 7 heteroatoms. The van der Waals surface area contributed by atoms with Crippen LogP contribution < -0.4 is 10.6 Å². The Labute approximate surface area is 152 Å². The molecule has 3 rings (SSSR count). The molecule has 1 saturated heterocycles. The lowest BCUT2D eigenvalue weighted by atomic mass is 10.1. The zero-order valence-electron chi connectivity index (χ0n) is 15.3. The highest BCUT2D eigenvalue weighted by molar-refractivity contribution is 5.83. The van der Waals surface area contributed by atoms with E-state index in [1.807, 2.05) is 6.92 Å². The number of halogens is 1. The number of rotatable bonds is 7. The number of nitrogens with zero attached hydrogens (tertiary/aromatic N) is 1. The highest BCUT2D eigenvalue weighted by Gasteiger charge is 2.15. The SMILES string of the molecule is CN=C(NCCCOC1CCOC1)NCc1oc2ccc(F)cc2c1C. The molecule has 0 saturated carbocycles. The van der Waals surface area contributed by atoms with Crippen molar-refractivity contribution >= 4 is 16.9 Å². The van der Waals surface area contributed by atoms with Crippen LogP contribution in [0.2, 0.25) is 0 Å². The molecule has 0 spiro atoms. The second kappa shape index (κ2) is 9.00. The minimum atomic E-state index is -0.259. The summed E-state index contributed by atoms with van der Waals surface area (Å²) in [7, 11) is 1.72. The predicted molar refractivity (Wildman–Crippen MR) is 98.9 cm³/mol. The molecular formula is C19H26FN3O3. The molecule has 142 valence electrons. The number of guanidine groups is 1. The van der Waals surface area contributed by atoms with Crippen LogP contribution in [0.1, 0.15) is 24.2 Å². The van der Waals surface area contributed by atoms with Gasteiger partial charge in [-0.05, 0) is 38.0 Å². The van der Waals surface area contributed by atoms with E-state index in [9.17, 15) is 4.39 Å². The maximum Gasteiger partial charge on any atom is 0.191 e. The summed E-state index contributed by atoms with van der Waals surface area (Å²) in [6, 6.07) is 4.56. The predicted octanol–water partition coefficient (Wildman–Crippen LogP) is 2.74. The third kappa shape index (κ3) is 4.74. The number of benzene rings is 1. The van der Waals surface area contributed by atoms with Crippen LogP contribution in [-0.2, 0) is 16.0 Å². The Hall–Kier alpha value is -2.12. The maximum atomic E-state index is 13.4. The second-order valence-electron chi connectivity index (χ2n) is 6.35. The van der Waals surface area contributed by atoms with Crippen molar-refractivity contribution in [3.05, 3.63) is 35.3 Å². The summed E-state index contributed by atoms with van der Waals surface area (Å²) in [6.07, 6.45) is 2.12. The van der Waals surface area contributed by atoms with Crippen LogP contribution in [-0.4, -0.2) is 45.5 Å². The van der Waals surface area contributed by atoms with Gasteiger partial charge >= 0.3 is 0 Å². The summed E-state index contributed by atoms with van der Waals surface area (Å²) in [6.45, 7) is 5.38. The number of ether oxygens (including phenoxy) is 2. The first kappa shape index (κ1) is 18.7. The minimum Gasteiger partial charge on any atom is -0.459 e. The number of aryl methyl sites for hydroxylation is 1. The van der Waals surface area contributed by atoms with E-state index < -0.39 is 0 Å². The zero-order valence-corrected chi connectivity index (χ0v) is 15.3. The molecule has 0 amide bonds.